The molecule has 1 aromatic rings. The van der Waals surface area contributed by atoms with E-state index in [1.165, 1.54) is 0 Å². The second-order valence-corrected chi connectivity index (χ2v) is 3.83. The van der Waals surface area contributed by atoms with Crippen molar-refractivity contribution in [2.75, 3.05) is 7.11 Å². The third kappa shape index (κ3) is 2.96. The van der Waals surface area contributed by atoms with Gasteiger partial charge in [-0.3, -0.25) is 0 Å². The molecule has 0 aliphatic heterocycles. The molecule has 0 saturated heterocycles. The van der Waals surface area contributed by atoms with Crippen LogP contribution in [0.1, 0.15) is 15.9 Å². The van der Waals surface area contributed by atoms with Crippen molar-refractivity contribution in [1.82, 2.24) is 0 Å². The zero-order valence-corrected chi connectivity index (χ0v) is 9.24. The number of methoxy groups -OCH3 is 1. The van der Waals surface area contributed by atoms with Crippen LogP contribution in [0.15, 0.2) is 18.2 Å². The highest BCUT2D eigenvalue weighted by Crippen LogP contribution is 2.13. The number of aromatic carboxylic acids is 1. The fraction of sp³-hybridized carbons (Fsp3) is 0.222. The Balaban J connectivity index is 3.03. The van der Waals surface area contributed by atoms with Gasteiger partial charge in [0.25, 0.3) is 0 Å². The zero-order chi connectivity index (χ0) is 9.84. The number of ether oxygens (including phenoxy) is 1. The van der Waals surface area contributed by atoms with E-state index in [2.05, 4.69) is 22.6 Å². The molecule has 1 N–H and O–H groups in total. The lowest BCUT2D eigenvalue weighted by molar-refractivity contribution is 0.0696. The van der Waals surface area contributed by atoms with Crippen molar-refractivity contribution in [3.63, 3.8) is 0 Å². The molecule has 0 heterocycles. The molecular formula is C9H9IO3. The van der Waals surface area contributed by atoms with Crippen molar-refractivity contribution in [3.05, 3.63) is 32.9 Å². The van der Waals surface area contributed by atoms with Crippen molar-refractivity contribution < 1.29 is 14.6 Å². The standard InChI is InChI=1S/C9H9IO3/c1-13-5-6-2-7(9(11)12)4-8(10)3-6/h2-4H,5H2,1H3,(H,11,12). The third-order valence-corrected chi connectivity index (χ3v) is 2.14. The second kappa shape index (κ2) is 4.57. The summed E-state index contributed by atoms with van der Waals surface area (Å²) in [5.74, 6) is -0.907. The largest absolute Gasteiger partial charge is 0.478 e. The first-order chi connectivity index (χ1) is 6.13. The summed E-state index contributed by atoms with van der Waals surface area (Å²) in [5.41, 5.74) is 1.19. The molecule has 0 unspecified atom stereocenters. The van der Waals surface area contributed by atoms with Crippen molar-refractivity contribution >= 4 is 28.6 Å². The number of halogens is 1. The van der Waals surface area contributed by atoms with Crippen LogP contribution >= 0.6 is 22.6 Å². The van der Waals surface area contributed by atoms with Crippen LogP contribution < -0.4 is 0 Å². The van der Waals surface area contributed by atoms with Crippen molar-refractivity contribution in [3.8, 4) is 0 Å². The SMILES string of the molecule is COCc1cc(I)cc(C(=O)O)c1. The maximum atomic E-state index is 10.7. The van der Waals surface area contributed by atoms with Crippen molar-refractivity contribution in [2.24, 2.45) is 0 Å². The lowest BCUT2D eigenvalue weighted by Gasteiger charge is -2.02. The molecule has 0 radical (unpaired) electrons. The van der Waals surface area contributed by atoms with Gasteiger partial charge in [0.15, 0.2) is 0 Å². The van der Waals surface area contributed by atoms with Crippen LogP contribution in [0.4, 0.5) is 0 Å². The Morgan fingerprint density at radius 1 is 1.54 bits per heavy atom. The van der Waals surface area contributed by atoms with Gasteiger partial charge < -0.3 is 9.84 Å². The maximum absolute atomic E-state index is 10.7. The van der Waals surface area contributed by atoms with E-state index in [0.717, 1.165) is 9.13 Å². The number of carbonyl (C=O) groups is 1. The highest BCUT2D eigenvalue weighted by Gasteiger charge is 2.05. The first kappa shape index (κ1) is 10.5. The lowest BCUT2D eigenvalue weighted by Crippen LogP contribution is -1.99. The molecule has 70 valence electrons. The third-order valence-electron chi connectivity index (χ3n) is 1.52. The summed E-state index contributed by atoms with van der Waals surface area (Å²) in [7, 11) is 1.58. The van der Waals surface area contributed by atoms with E-state index in [4.69, 9.17) is 9.84 Å². The Morgan fingerprint density at radius 2 is 2.23 bits per heavy atom. The highest BCUT2D eigenvalue weighted by atomic mass is 127. The number of hydrogen-bond donors (Lipinski definition) is 1. The van der Waals surface area contributed by atoms with Crippen molar-refractivity contribution in [2.45, 2.75) is 6.61 Å². The Kier molecular flexibility index (Phi) is 3.68. The Bertz CT molecular complexity index is 323. The summed E-state index contributed by atoms with van der Waals surface area (Å²) < 4.78 is 5.83. The van der Waals surface area contributed by atoms with Gasteiger partial charge in [-0.15, -0.1) is 0 Å². The molecule has 3 nitrogen and oxygen atoms in total. The first-order valence-corrected chi connectivity index (χ1v) is 4.73. The number of carboxylic acids is 1. The molecular weight excluding hydrogens is 283 g/mol. The molecule has 0 bridgehead atoms. The van der Waals surface area contributed by atoms with Crippen LogP contribution in [-0.2, 0) is 11.3 Å². The molecule has 0 atom stereocenters. The summed E-state index contributed by atoms with van der Waals surface area (Å²) in [6.07, 6.45) is 0. The van der Waals surface area contributed by atoms with Gasteiger partial charge in [-0.25, -0.2) is 4.79 Å². The van der Waals surface area contributed by atoms with Gasteiger partial charge >= 0.3 is 5.97 Å². The highest BCUT2D eigenvalue weighted by molar-refractivity contribution is 14.1. The van der Waals surface area contributed by atoms with Crippen LogP contribution in [0.2, 0.25) is 0 Å². The van der Waals surface area contributed by atoms with Crippen LogP contribution in [0.5, 0.6) is 0 Å². The lowest BCUT2D eigenvalue weighted by atomic mass is 10.1. The minimum Gasteiger partial charge on any atom is -0.478 e. The van der Waals surface area contributed by atoms with Gasteiger partial charge in [-0.05, 0) is 46.4 Å². The minimum absolute atomic E-state index is 0.305. The predicted molar refractivity (Wildman–Crippen MR) is 56.8 cm³/mol. The van der Waals surface area contributed by atoms with E-state index in [9.17, 15) is 4.79 Å². The molecule has 13 heavy (non-hydrogen) atoms. The van der Waals surface area contributed by atoms with Crippen LogP contribution in [-0.4, -0.2) is 18.2 Å². The van der Waals surface area contributed by atoms with E-state index in [-0.39, 0.29) is 0 Å². The molecule has 1 rings (SSSR count). The Hall–Kier alpha value is -0.620. The van der Waals surface area contributed by atoms with Crippen molar-refractivity contribution in [1.29, 1.82) is 0 Å². The van der Waals surface area contributed by atoms with E-state index >= 15 is 0 Å². The van der Waals surface area contributed by atoms with Gasteiger partial charge in [-0.2, -0.15) is 0 Å². The minimum atomic E-state index is -0.907. The second-order valence-electron chi connectivity index (χ2n) is 2.59. The monoisotopic (exact) mass is 292 g/mol. The number of benzene rings is 1. The summed E-state index contributed by atoms with van der Waals surface area (Å²) in [6.45, 7) is 0.442. The maximum Gasteiger partial charge on any atom is 0.335 e. The number of hydrogen-bond acceptors (Lipinski definition) is 2. The van der Waals surface area contributed by atoms with Gasteiger partial charge in [0, 0.05) is 10.7 Å². The van der Waals surface area contributed by atoms with Crippen LogP contribution in [0.25, 0.3) is 0 Å². The molecule has 4 heteroatoms. The molecule has 0 saturated carbocycles. The fourth-order valence-corrected chi connectivity index (χ4v) is 1.76. The van der Waals surface area contributed by atoms with Crippen LogP contribution in [0, 0.1) is 3.57 Å². The number of carboxylic acid groups (broad SMARTS) is 1. The quantitative estimate of drug-likeness (QED) is 0.868. The Morgan fingerprint density at radius 3 is 2.77 bits per heavy atom. The molecule has 0 fully saturated rings. The predicted octanol–water partition coefficient (Wildman–Crippen LogP) is 2.14. The molecule has 1 aromatic carbocycles. The van der Waals surface area contributed by atoms with E-state index in [1.54, 1.807) is 19.2 Å². The fourth-order valence-electron chi connectivity index (χ4n) is 1.02. The smallest absolute Gasteiger partial charge is 0.335 e. The van der Waals surface area contributed by atoms with E-state index in [1.807, 2.05) is 6.07 Å². The number of rotatable bonds is 3. The summed E-state index contributed by atoms with van der Waals surface area (Å²) in [4.78, 5) is 10.7. The Labute approximate surface area is 89.9 Å². The normalized spacial score (nSPS) is 10.0. The zero-order valence-electron chi connectivity index (χ0n) is 7.08. The summed E-state index contributed by atoms with van der Waals surface area (Å²) in [5, 5.41) is 8.76. The molecule has 0 spiro atoms. The van der Waals surface area contributed by atoms with Gasteiger partial charge in [0.2, 0.25) is 0 Å². The average molecular weight is 292 g/mol. The van der Waals surface area contributed by atoms with Crippen LogP contribution in [0.3, 0.4) is 0 Å². The van der Waals surface area contributed by atoms with Gasteiger partial charge in [0.1, 0.15) is 0 Å². The molecule has 0 aliphatic rings. The van der Waals surface area contributed by atoms with Gasteiger partial charge in [-0.1, -0.05) is 0 Å². The average Bonchev–Trinajstić information content (AvgIpc) is 2.03. The molecule has 0 aliphatic carbocycles. The molecule has 0 aromatic heterocycles. The van der Waals surface area contributed by atoms with E-state index in [0.29, 0.717) is 12.2 Å². The summed E-state index contributed by atoms with van der Waals surface area (Å²) in [6, 6.07) is 5.15. The van der Waals surface area contributed by atoms with E-state index < -0.39 is 5.97 Å². The first-order valence-electron chi connectivity index (χ1n) is 3.65. The topological polar surface area (TPSA) is 46.5 Å². The molecule has 0 amide bonds. The van der Waals surface area contributed by atoms with Gasteiger partial charge in [0.05, 0.1) is 12.2 Å². The summed E-state index contributed by atoms with van der Waals surface area (Å²) >= 11 is 2.09.